The van der Waals surface area contributed by atoms with Crippen molar-refractivity contribution in [1.82, 2.24) is 10.0 Å². The van der Waals surface area contributed by atoms with E-state index in [0.717, 1.165) is 43.7 Å². The average molecular weight is 486 g/mol. The fraction of sp³-hybridized carbons (Fsp3) is 0.458. The smallest absolute Gasteiger partial charge is 0.417 e. The lowest BCUT2D eigenvalue weighted by atomic mass is 9.84. The SMILES string of the molecule is C=CCc1cc(C(F)(F)F)ccc1OC1C[C@H]2CCC[C@H](C1)N2Oc1ccc(C(F)(F)F)cn1. The van der Waals surface area contributed by atoms with E-state index in [-0.39, 0.29) is 30.5 Å². The van der Waals surface area contributed by atoms with Crippen molar-refractivity contribution in [3.05, 3.63) is 65.9 Å². The molecule has 0 amide bonds. The van der Waals surface area contributed by atoms with E-state index in [9.17, 15) is 26.3 Å². The first kappa shape index (κ1) is 24.4. The van der Waals surface area contributed by atoms with Gasteiger partial charge in [0.15, 0.2) is 0 Å². The van der Waals surface area contributed by atoms with E-state index in [0.29, 0.717) is 24.2 Å². The van der Waals surface area contributed by atoms with Crippen LogP contribution in [0.5, 0.6) is 11.6 Å². The van der Waals surface area contributed by atoms with Crippen LogP contribution in [0.15, 0.2) is 49.2 Å². The molecule has 3 heterocycles. The summed E-state index contributed by atoms with van der Waals surface area (Å²) >= 11 is 0. The van der Waals surface area contributed by atoms with E-state index in [1.54, 1.807) is 5.06 Å². The molecular formula is C24H24F6N2O2. The van der Waals surface area contributed by atoms with Gasteiger partial charge >= 0.3 is 12.4 Å². The number of aromatic nitrogens is 1. The van der Waals surface area contributed by atoms with Crippen molar-refractivity contribution in [2.45, 2.75) is 69.1 Å². The first-order chi connectivity index (χ1) is 16.0. The monoisotopic (exact) mass is 486 g/mol. The number of piperidine rings is 2. The van der Waals surface area contributed by atoms with E-state index in [4.69, 9.17) is 9.57 Å². The highest BCUT2D eigenvalue weighted by atomic mass is 19.4. The summed E-state index contributed by atoms with van der Waals surface area (Å²) in [6.07, 6.45) is -2.88. The second-order valence-corrected chi connectivity index (χ2v) is 8.60. The van der Waals surface area contributed by atoms with E-state index in [2.05, 4.69) is 11.6 Å². The number of halogens is 6. The lowest BCUT2D eigenvalue weighted by molar-refractivity contribution is -0.185. The Balaban J connectivity index is 1.46. The van der Waals surface area contributed by atoms with Gasteiger partial charge in [0.05, 0.1) is 11.1 Å². The van der Waals surface area contributed by atoms with Crippen molar-refractivity contribution in [2.24, 2.45) is 0 Å². The van der Waals surface area contributed by atoms with E-state index >= 15 is 0 Å². The molecule has 2 fully saturated rings. The highest BCUT2D eigenvalue weighted by Crippen LogP contribution is 2.38. The summed E-state index contributed by atoms with van der Waals surface area (Å²) in [7, 11) is 0. The summed E-state index contributed by atoms with van der Waals surface area (Å²) in [5.74, 6) is 0.482. The first-order valence-corrected chi connectivity index (χ1v) is 11.0. The van der Waals surface area contributed by atoms with Gasteiger partial charge in [0.2, 0.25) is 5.88 Å². The maximum absolute atomic E-state index is 13.1. The van der Waals surface area contributed by atoms with Gasteiger partial charge < -0.3 is 9.57 Å². The van der Waals surface area contributed by atoms with Gasteiger partial charge in [-0.25, -0.2) is 4.98 Å². The molecule has 1 aromatic heterocycles. The molecule has 4 rings (SSSR count). The second-order valence-electron chi connectivity index (χ2n) is 8.60. The van der Waals surface area contributed by atoms with Crippen LogP contribution < -0.4 is 9.57 Å². The molecule has 2 atom stereocenters. The molecule has 0 saturated carbocycles. The predicted octanol–water partition coefficient (Wildman–Crippen LogP) is 6.61. The molecule has 2 bridgehead atoms. The number of hydroxylamine groups is 2. The number of hydrogen-bond donors (Lipinski definition) is 0. The van der Waals surface area contributed by atoms with Crippen LogP contribution in [0.4, 0.5) is 26.3 Å². The Labute approximate surface area is 193 Å². The third-order valence-electron chi connectivity index (χ3n) is 6.17. The average Bonchev–Trinajstić information content (AvgIpc) is 2.74. The minimum absolute atomic E-state index is 0.0427. The van der Waals surface area contributed by atoms with Gasteiger partial charge in [-0.05, 0) is 49.1 Å². The maximum Gasteiger partial charge on any atom is 0.417 e. The standard InChI is InChI=1S/C24H24F6N2O2/c1-2-4-15-11-16(23(25,26)27)7-9-21(15)33-20-12-18-5-3-6-19(13-20)32(18)34-22-10-8-17(14-31-22)24(28,29)30/h2,7-11,14,18-20H,1,3-6,12-13H2/t18-,19-/m1/s1. The third kappa shape index (κ3) is 5.48. The number of allylic oxidation sites excluding steroid dienone is 1. The summed E-state index contributed by atoms with van der Waals surface area (Å²) in [6, 6.07) is 5.50. The molecule has 4 nitrogen and oxygen atoms in total. The number of rotatable bonds is 6. The highest BCUT2D eigenvalue weighted by molar-refractivity contribution is 5.39. The quantitative estimate of drug-likeness (QED) is 0.340. The van der Waals surface area contributed by atoms with Crippen molar-refractivity contribution in [2.75, 3.05) is 0 Å². The minimum Gasteiger partial charge on any atom is -0.490 e. The Kier molecular flexibility index (Phi) is 6.80. The zero-order chi connectivity index (χ0) is 24.5. The fourth-order valence-electron chi connectivity index (χ4n) is 4.61. The molecule has 0 N–H and O–H groups in total. The number of hydrogen-bond acceptors (Lipinski definition) is 4. The molecule has 0 spiro atoms. The molecule has 2 aliphatic rings. The normalized spacial score (nSPS) is 23.4. The van der Waals surface area contributed by atoms with Crippen LogP contribution >= 0.6 is 0 Å². The molecule has 1 aromatic carbocycles. The molecular weight excluding hydrogens is 462 g/mol. The summed E-state index contributed by atoms with van der Waals surface area (Å²) in [4.78, 5) is 9.66. The zero-order valence-electron chi connectivity index (χ0n) is 18.2. The molecule has 0 radical (unpaired) electrons. The molecule has 2 aliphatic heterocycles. The van der Waals surface area contributed by atoms with Crippen LogP contribution in [0.25, 0.3) is 0 Å². The molecule has 2 saturated heterocycles. The molecule has 2 aromatic rings. The van der Waals surface area contributed by atoms with Crippen molar-refractivity contribution in [3.8, 4) is 11.6 Å². The summed E-state index contributed by atoms with van der Waals surface area (Å²) in [5.41, 5.74) is -1.16. The van der Waals surface area contributed by atoms with Gasteiger partial charge in [0.25, 0.3) is 0 Å². The molecule has 10 heteroatoms. The number of benzene rings is 1. The lowest BCUT2D eigenvalue weighted by Gasteiger charge is -2.46. The Bertz CT molecular complexity index is 992. The van der Waals surface area contributed by atoms with Crippen LogP contribution in [-0.2, 0) is 18.8 Å². The molecule has 0 unspecified atom stereocenters. The topological polar surface area (TPSA) is 34.6 Å². The Morgan fingerprint density at radius 2 is 1.62 bits per heavy atom. The van der Waals surface area contributed by atoms with E-state index in [1.807, 2.05) is 0 Å². The van der Waals surface area contributed by atoms with Crippen LogP contribution in [0.1, 0.15) is 48.8 Å². The largest absolute Gasteiger partial charge is 0.490 e. The zero-order valence-corrected chi connectivity index (χ0v) is 18.2. The first-order valence-electron chi connectivity index (χ1n) is 11.0. The number of pyridine rings is 1. The Morgan fingerprint density at radius 1 is 0.971 bits per heavy atom. The van der Waals surface area contributed by atoms with Gasteiger partial charge in [-0.2, -0.15) is 26.3 Å². The van der Waals surface area contributed by atoms with Crippen LogP contribution in [0.3, 0.4) is 0 Å². The van der Waals surface area contributed by atoms with E-state index < -0.39 is 23.5 Å². The van der Waals surface area contributed by atoms with Crippen molar-refractivity contribution >= 4 is 0 Å². The van der Waals surface area contributed by atoms with Crippen molar-refractivity contribution in [1.29, 1.82) is 0 Å². The lowest BCUT2D eigenvalue weighted by Crippen LogP contribution is -2.55. The predicted molar refractivity (Wildman–Crippen MR) is 112 cm³/mol. The Hall–Kier alpha value is -2.75. The van der Waals surface area contributed by atoms with Gasteiger partial charge in [-0.15, -0.1) is 11.6 Å². The fourth-order valence-corrected chi connectivity index (χ4v) is 4.61. The van der Waals surface area contributed by atoms with E-state index in [1.165, 1.54) is 18.2 Å². The van der Waals surface area contributed by atoms with Crippen LogP contribution in [-0.4, -0.2) is 28.2 Å². The number of ether oxygens (including phenoxy) is 1. The van der Waals surface area contributed by atoms with Gasteiger partial charge in [-0.3, -0.25) is 0 Å². The molecule has 34 heavy (non-hydrogen) atoms. The number of fused-ring (bicyclic) bond motifs is 2. The summed E-state index contributed by atoms with van der Waals surface area (Å²) < 4.78 is 83.8. The summed E-state index contributed by atoms with van der Waals surface area (Å²) in [6.45, 7) is 3.62. The Morgan fingerprint density at radius 3 is 2.18 bits per heavy atom. The van der Waals surface area contributed by atoms with Crippen molar-refractivity contribution in [3.63, 3.8) is 0 Å². The molecule has 184 valence electrons. The third-order valence-corrected chi connectivity index (χ3v) is 6.17. The van der Waals surface area contributed by atoms with Gasteiger partial charge in [0, 0.05) is 37.2 Å². The van der Waals surface area contributed by atoms with Crippen LogP contribution in [0.2, 0.25) is 0 Å². The minimum atomic E-state index is -4.47. The van der Waals surface area contributed by atoms with Crippen molar-refractivity contribution < 1.29 is 35.9 Å². The maximum atomic E-state index is 13.1. The van der Waals surface area contributed by atoms with Gasteiger partial charge in [-0.1, -0.05) is 12.5 Å². The number of alkyl halides is 6. The van der Waals surface area contributed by atoms with Crippen LogP contribution in [0, 0.1) is 0 Å². The van der Waals surface area contributed by atoms with Gasteiger partial charge in [0.1, 0.15) is 11.9 Å². The molecule has 0 aliphatic carbocycles. The second kappa shape index (κ2) is 9.48. The number of nitrogens with zero attached hydrogens (tertiary/aromatic N) is 2. The summed E-state index contributed by atoms with van der Waals surface area (Å²) in [5, 5.41) is 1.79. The highest BCUT2D eigenvalue weighted by Gasteiger charge is 2.42.